The van der Waals surface area contributed by atoms with Crippen molar-refractivity contribution in [3.8, 4) is 0 Å². The molecule has 2 saturated carbocycles. The van der Waals surface area contributed by atoms with Gasteiger partial charge in [0.1, 0.15) is 0 Å². The van der Waals surface area contributed by atoms with Gasteiger partial charge in [-0.1, -0.05) is 52.4 Å². The molecule has 3 atom stereocenters. The van der Waals surface area contributed by atoms with Crippen LogP contribution >= 0.6 is 0 Å². The monoisotopic (exact) mass is 194 g/mol. The summed E-state index contributed by atoms with van der Waals surface area (Å²) in [5.74, 6) is 4.21. The van der Waals surface area contributed by atoms with Crippen LogP contribution in [0.5, 0.6) is 0 Å². The van der Waals surface area contributed by atoms with E-state index < -0.39 is 0 Å². The fourth-order valence-electron chi connectivity index (χ4n) is 3.95. The molecular formula is C14H26. The third-order valence-corrected chi connectivity index (χ3v) is 4.75. The standard InChI is InChI=1S/C14H26/c1-11-8-9-14(12(2)10-11)13-6-4-3-5-7-13/h11-14H,3-10H2,1-2H3. The Labute approximate surface area is 89.5 Å². The summed E-state index contributed by atoms with van der Waals surface area (Å²) in [6.45, 7) is 4.95. The van der Waals surface area contributed by atoms with Crippen molar-refractivity contribution < 1.29 is 0 Å². The maximum absolute atomic E-state index is 2.51. The van der Waals surface area contributed by atoms with Crippen LogP contribution in [-0.4, -0.2) is 0 Å². The van der Waals surface area contributed by atoms with E-state index >= 15 is 0 Å². The Morgan fingerprint density at radius 3 is 2.14 bits per heavy atom. The van der Waals surface area contributed by atoms with Gasteiger partial charge in [0.15, 0.2) is 0 Å². The van der Waals surface area contributed by atoms with Crippen molar-refractivity contribution in [3.05, 3.63) is 0 Å². The predicted octanol–water partition coefficient (Wildman–Crippen LogP) is 4.64. The highest BCUT2D eigenvalue weighted by molar-refractivity contribution is 4.82. The molecule has 0 amide bonds. The van der Waals surface area contributed by atoms with E-state index in [-0.39, 0.29) is 0 Å². The van der Waals surface area contributed by atoms with Gasteiger partial charge in [0.05, 0.1) is 0 Å². The first-order chi connectivity index (χ1) is 6.77. The molecule has 3 unspecified atom stereocenters. The molecule has 0 heterocycles. The lowest BCUT2D eigenvalue weighted by molar-refractivity contribution is 0.115. The number of rotatable bonds is 1. The predicted molar refractivity (Wildman–Crippen MR) is 62.2 cm³/mol. The van der Waals surface area contributed by atoms with E-state index in [1.54, 1.807) is 12.8 Å². The van der Waals surface area contributed by atoms with Crippen molar-refractivity contribution >= 4 is 0 Å². The zero-order chi connectivity index (χ0) is 9.97. The Kier molecular flexibility index (Phi) is 3.52. The summed E-state index contributed by atoms with van der Waals surface area (Å²) >= 11 is 0. The van der Waals surface area contributed by atoms with Crippen molar-refractivity contribution in [1.29, 1.82) is 0 Å². The highest BCUT2D eigenvalue weighted by Crippen LogP contribution is 2.42. The molecule has 0 heteroatoms. The Morgan fingerprint density at radius 2 is 1.50 bits per heavy atom. The van der Waals surface area contributed by atoms with E-state index in [9.17, 15) is 0 Å². The van der Waals surface area contributed by atoms with Crippen LogP contribution in [0.3, 0.4) is 0 Å². The Morgan fingerprint density at radius 1 is 0.786 bits per heavy atom. The summed E-state index contributed by atoms with van der Waals surface area (Å²) in [7, 11) is 0. The summed E-state index contributed by atoms with van der Waals surface area (Å²) in [5.41, 5.74) is 0. The highest BCUT2D eigenvalue weighted by Gasteiger charge is 2.31. The van der Waals surface area contributed by atoms with Gasteiger partial charge in [-0.05, 0) is 36.5 Å². The normalized spacial score (nSPS) is 41.1. The fourth-order valence-corrected chi connectivity index (χ4v) is 3.95. The van der Waals surface area contributed by atoms with Gasteiger partial charge in [-0.25, -0.2) is 0 Å². The molecular weight excluding hydrogens is 168 g/mol. The van der Waals surface area contributed by atoms with Gasteiger partial charge in [-0.2, -0.15) is 0 Å². The molecule has 0 bridgehead atoms. The second-order valence-corrected chi connectivity index (χ2v) is 5.96. The molecule has 0 radical (unpaired) electrons. The van der Waals surface area contributed by atoms with Crippen LogP contribution in [0.15, 0.2) is 0 Å². The summed E-state index contributed by atoms with van der Waals surface area (Å²) in [4.78, 5) is 0. The minimum atomic E-state index is 1.00. The summed E-state index contributed by atoms with van der Waals surface area (Å²) in [6.07, 6.45) is 12.2. The minimum absolute atomic E-state index is 1.00. The van der Waals surface area contributed by atoms with Gasteiger partial charge in [0.25, 0.3) is 0 Å². The summed E-state index contributed by atoms with van der Waals surface area (Å²) in [6, 6.07) is 0. The molecule has 0 N–H and O–H groups in total. The van der Waals surface area contributed by atoms with Crippen LogP contribution < -0.4 is 0 Å². The largest absolute Gasteiger partial charge is 0.0625 e. The lowest BCUT2D eigenvalue weighted by Crippen LogP contribution is -2.29. The fraction of sp³-hybridized carbons (Fsp3) is 1.00. The lowest BCUT2D eigenvalue weighted by Gasteiger charge is -2.39. The molecule has 0 aromatic carbocycles. The molecule has 0 saturated heterocycles. The van der Waals surface area contributed by atoms with Crippen molar-refractivity contribution in [3.63, 3.8) is 0 Å². The molecule has 2 fully saturated rings. The van der Waals surface area contributed by atoms with E-state index in [0.717, 1.165) is 23.7 Å². The molecule has 0 spiro atoms. The second kappa shape index (κ2) is 4.68. The average molecular weight is 194 g/mol. The molecule has 0 nitrogen and oxygen atoms in total. The van der Waals surface area contributed by atoms with Crippen LogP contribution in [0.1, 0.15) is 65.2 Å². The van der Waals surface area contributed by atoms with E-state index in [1.807, 2.05) is 0 Å². The van der Waals surface area contributed by atoms with Crippen LogP contribution in [0, 0.1) is 23.7 Å². The van der Waals surface area contributed by atoms with Crippen LogP contribution in [-0.2, 0) is 0 Å². The quantitative estimate of drug-likeness (QED) is 0.570. The van der Waals surface area contributed by atoms with Gasteiger partial charge < -0.3 is 0 Å². The topological polar surface area (TPSA) is 0 Å². The van der Waals surface area contributed by atoms with Gasteiger partial charge >= 0.3 is 0 Å². The molecule has 0 aromatic heterocycles. The SMILES string of the molecule is CC1CCC(C2CCCCC2)C(C)C1. The van der Waals surface area contributed by atoms with Crippen molar-refractivity contribution in [2.45, 2.75) is 65.2 Å². The minimum Gasteiger partial charge on any atom is -0.0625 e. The third-order valence-electron chi connectivity index (χ3n) is 4.75. The summed E-state index contributed by atoms with van der Waals surface area (Å²) < 4.78 is 0. The molecule has 0 aliphatic heterocycles. The Bertz CT molecular complexity index is 167. The van der Waals surface area contributed by atoms with E-state index in [4.69, 9.17) is 0 Å². The highest BCUT2D eigenvalue weighted by atomic mass is 14.4. The van der Waals surface area contributed by atoms with Gasteiger partial charge in [0, 0.05) is 0 Å². The summed E-state index contributed by atoms with van der Waals surface area (Å²) in [5, 5.41) is 0. The van der Waals surface area contributed by atoms with Crippen molar-refractivity contribution in [2.75, 3.05) is 0 Å². The Hall–Kier alpha value is 0. The molecule has 0 aromatic rings. The molecule has 2 aliphatic carbocycles. The first-order valence-electron chi connectivity index (χ1n) is 6.77. The van der Waals surface area contributed by atoms with E-state index in [0.29, 0.717) is 0 Å². The number of hydrogen-bond donors (Lipinski definition) is 0. The van der Waals surface area contributed by atoms with E-state index in [2.05, 4.69) is 13.8 Å². The van der Waals surface area contributed by atoms with Crippen LogP contribution in [0.4, 0.5) is 0 Å². The van der Waals surface area contributed by atoms with Crippen molar-refractivity contribution in [2.24, 2.45) is 23.7 Å². The zero-order valence-electron chi connectivity index (χ0n) is 9.97. The third kappa shape index (κ3) is 2.32. The maximum atomic E-state index is 2.51. The second-order valence-electron chi connectivity index (χ2n) is 5.96. The molecule has 14 heavy (non-hydrogen) atoms. The van der Waals surface area contributed by atoms with Gasteiger partial charge in [0.2, 0.25) is 0 Å². The molecule has 2 aliphatic rings. The molecule has 2 rings (SSSR count). The van der Waals surface area contributed by atoms with Crippen molar-refractivity contribution in [1.82, 2.24) is 0 Å². The van der Waals surface area contributed by atoms with Crippen LogP contribution in [0.25, 0.3) is 0 Å². The first kappa shape index (κ1) is 10.5. The zero-order valence-corrected chi connectivity index (χ0v) is 9.97. The van der Waals surface area contributed by atoms with Crippen LogP contribution in [0.2, 0.25) is 0 Å². The first-order valence-corrected chi connectivity index (χ1v) is 6.77. The average Bonchev–Trinajstić information content (AvgIpc) is 2.19. The number of hydrogen-bond acceptors (Lipinski definition) is 0. The van der Waals surface area contributed by atoms with Gasteiger partial charge in [-0.15, -0.1) is 0 Å². The smallest absolute Gasteiger partial charge is 0.0360 e. The maximum Gasteiger partial charge on any atom is -0.0360 e. The molecule has 82 valence electrons. The van der Waals surface area contributed by atoms with Gasteiger partial charge in [-0.3, -0.25) is 0 Å². The van der Waals surface area contributed by atoms with E-state index in [1.165, 1.54) is 38.5 Å². The Balaban J connectivity index is 1.89. The lowest BCUT2D eigenvalue weighted by atomic mass is 9.66.